The third-order valence-electron chi connectivity index (χ3n) is 4.01. The molecule has 1 aliphatic rings. The maximum atomic E-state index is 13.0. The maximum absolute atomic E-state index is 13.0. The molecule has 7 heteroatoms. The van der Waals surface area contributed by atoms with Crippen molar-refractivity contribution in [3.63, 3.8) is 0 Å². The van der Waals surface area contributed by atoms with Gasteiger partial charge in [-0.05, 0) is 24.3 Å². The van der Waals surface area contributed by atoms with E-state index in [2.05, 4.69) is 9.64 Å². The fraction of sp³-hybridized carbons (Fsp3) is 0.500. The Morgan fingerprint density at radius 3 is 2.22 bits per heavy atom. The van der Waals surface area contributed by atoms with Gasteiger partial charge in [0.25, 0.3) is 0 Å². The van der Waals surface area contributed by atoms with Crippen LogP contribution >= 0.6 is 0 Å². The van der Waals surface area contributed by atoms with Gasteiger partial charge >= 0.3 is 11.9 Å². The van der Waals surface area contributed by atoms with Crippen LogP contribution in [0.1, 0.15) is 6.42 Å². The summed E-state index contributed by atoms with van der Waals surface area (Å²) < 4.78 is 22.4. The zero-order chi connectivity index (χ0) is 16.8. The second-order valence-corrected chi connectivity index (χ2v) is 5.32. The van der Waals surface area contributed by atoms with Crippen molar-refractivity contribution in [1.29, 1.82) is 0 Å². The lowest BCUT2D eigenvalue weighted by atomic mass is 10.1. The second kappa shape index (κ2) is 7.92. The molecule has 1 aromatic carbocycles. The molecule has 6 nitrogen and oxygen atoms in total. The van der Waals surface area contributed by atoms with E-state index in [0.29, 0.717) is 26.2 Å². The van der Waals surface area contributed by atoms with Crippen LogP contribution in [-0.2, 0) is 19.1 Å². The summed E-state index contributed by atoms with van der Waals surface area (Å²) in [5.41, 5.74) is 0.939. The van der Waals surface area contributed by atoms with Crippen molar-refractivity contribution in [2.24, 2.45) is 0 Å². The second-order valence-electron chi connectivity index (χ2n) is 5.32. The topological polar surface area (TPSA) is 59.1 Å². The summed E-state index contributed by atoms with van der Waals surface area (Å²) in [6.07, 6.45) is -0.0281. The number of methoxy groups -OCH3 is 2. The molecule has 0 spiro atoms. The molecule has 0 amide bonds. The van der Waals surface area contributed by atoms with Crippen molar-refractivity contribution in [2.75, 3.05) is 45.3 Å². The molecule has 0 aliphatic carbocycles. The molecule has 1 fully saturated rings. The highest BCUT2D eigenvalue weighted by Gasteiger charge is 2.32. The number of hydrogen-bond donors (Lipinski definition) is 0. The zero-order valence-corrected chi connectivity index (χ0v) is 13.3. The normalized spacial score (nSPS) is 16.7. The molecule has 0 radical (unpaired) electrons. The van der Waals surface area contributed by atoms with Crippen molar-refractivity contribution in [2.45, 2.75) is 12.5 Å². The summed E-state index contributed by atoms with van der Waals surface area (Å²) in [6, 6.07) is 5.68. The third kappa shape index (κ3) is 4.41. The summed E-state index contributed by atoms with van der Waals surface area (Å²) in [4.78, 5) is 27.5. The number of hydrogen-bond acceptors (Lipinski definition) is 6. The van der Waals surface area contributed by atoms with E-state index in [1.54, 1.807) is 12.1 Å². The van der Waals surface area contributed by atoms with E-state index < -0.39 is 18.0 Å². The fourth-order valence-electron chi connectivity index (χ4n) is 2.68. The molecule has 1 atom stereocenters. The Labute approximate surface area is 134 Å². The first kappa shape index (κ1) is 17.2. The SMILES string of the molecule is COC(=O)C[C@H](C(=O)OC)N1CCN(c2ccc(F)cc2)CC1. The smallest absolute Gasteiger partial charge is 0.323 e. The highest BCUT2D eigenvalue weighted by Crippen LogP contribution is 2.19. The number of esters is 2. The van der Waals surface area contributed by atoms with Gasteiger partial charge in [-0.15, -0.1) is 0 Å². The summed E-state index contributed by atoms with van der Waals surface area (Å²) in [5.74, 6) is -1.15. The number of anilines is 1. The van der Waals surface area contributed by atoms with Crippen LogP contribution in [0.2, 0.25) is 0 Å². The molecule has 23 heavy (non-hydrogen) atoms. The quantitative estimate of drug-likeness (QED) is 0.755. The van der Waals surface area contributed by atoms with E-state index in [9.17, 15) is 14.0 Å². The first-order valence-electron chi connectivity index (χ1n) is 7.44. The minimum Gasteiger partial charge on any atom is -0.469 e. The third-order valence-corrected chi connectivity index (χ3v) is 4.01. The number of nitrogens with zero attached hydrogens (tertiary/aromatic N) is 2. The molecular formula is C16H21FN2O4. The van der Waals surface area contributed by atoms with E-state index in [1.807, 2.05) is 4.90 Å². The van der Waals surface area contributed by atoms with Crippen LogP contribution in [0.4, 0.5) is 10.1 Å². The zero-order valence-electron chi connectivity index (χ0n) is 13.3. The van der Waals surface area contributed by atoms with Gasteiger partial charge in [0.2, 0.25) is 0 Å². The van der Waals surface area contributed by atoms with Gasteiger partial charge in [0.15, 0.2) is 0 Å². The lowest BCUT2D eigenvalue weighted by molar-refractivity contribution is -0.153. The van der Waals surface area contributed by atoms with E-state index in [0.717, 1.165) is 5.69 Å². The van der Waals surface area contributed by atoms with Crippen molar-refractivity contribution in [3.05, 3.63) is 30.1 Å². The highest BCUT2D eigenvalue weighted by atomic mass is 19.1. The van der Waals surface area contributed by atoms with E-state index in [1.165, 1.54) is 26.4 Å². The van der Waals surface area contributed by atoms with Crippen LogP contribution in [-0.4, -0.2) is 63.3 Å². The Kier molecular flexibility index (Phi) is 5.92. The summed E-state index contributed by atoms with van der Waals surface area (Å²) >= 11 is 0. The number of piperazine rings is 1. The highest BCUT2D eigenvalue weighted by molar-refractivity contribution is 5.82. The summed E-state index contributed by atoms with van der Waals surface area (Å²) in [6.45, 7) is 2.57. The van der Waals surface area contributed by atoms with E-state index in [-0.39, 0.29) is 12.2 Å². The Bertz CT molecular complexity index is 542. The Morgan fingerprint density at radius 2 is 1.70 bits per heavy atom. The first-order valence-corrected chi connectivity index (χ1v) is 7.44. The summed E-state index contributed by atoms with van der Waals surface area (Å²) in [5, 5.41) is 0. The molecule has 1 aliphatic heterocycles. The monoisotopic (exact) mass is 324 g/mol. The predicted molar refractivity (Wildman–Crippen MR) is 82.6 cm³/mol. The van der Waals surface area contributed by atoms with Gasteiger partial charge < -0.3 is 14.4 Å². The molecule has 0 aromatic heterocycles. The predicted octanol–water partition coefficient (Wildman–Crippen LogP) is 1.05. The average Bonchev–Trinajstić information content (AvgIpc) is 2.59. The van der Waals surface area contributed by atoms with Gasteiger partial charge in [0.05, 0.1) is 20.6 Å². The van der Waals surface area contributed by atoms with Crippen LogP contribution in [0.5, 0.6) is 0 Å². The Balaban J connectivity index is 1.98. The van der Waals surface area contributed by atoms with Crippen molar-refractivity contribution < 1.29 is 23.5 Å². The maximum Gasteiger partial charge on any atom is 0.323 e. The number of carbonyl (C=O) groups excluding carboxylic acids is 2. The number of halogens is 1. The number of carbonyl (C=O) groups is 2. The molecule has 1 aromatic rings. The van der Waals surface area contributed by atoms with Crippen LogP contribution in [0.3, 0.4) is 0 Å². The van der Waals surface area contributed by atoms with Gasteiger partial charge in [-0.2, -0.15) is 0 Å². The fourth-order valence-corrected chi connectivity index (χ4v) is 2.68. The first-order chi connectivity index (χ1) is 11.0. The molecule has 0 bridgehead atoms. The molecular weight excluding hydrogens is 303 g/mol. The van der Waals surface area contributed by atoms with Gasteiger partial charge in [-0.25, -0.2) is 4.39 Å². The largest absolute Gasteiger partial charge is 0.469 e. The van der Waals surface area contributed by atoms with Crippen LogP contribution in [0.25, 0.3) is 0 Å². The minimum absolute atomic E-state index is 0.0281. The van der Waals surface area contributed by atoms with Gasteiger partial charge in [0, 0.05) is 31.9 Å². The minimum atomic E-state index is -0.636. The molecule has 0 saturated carbocycles. The number of rotatable bonds is 5. The Morgan fingerprint density at radius 1 is 1.09 bits per heavy atom. The summed E-state index contributed by atoms with van der Waals surface area (Å²) in [7, 11) is 2.60. The molecule has 1 heterocycles. The van der Waals surface area contributed by atoms with Gasteiger partial charge in [0.1, 0.15) is 11.9 Å². The van der Waals surface area contributed by atoms with Crippen LogP contribution in [0, 0.1) is 5.82 Å². The van der Waals surface area contributed by atoms with Crippen molar-refractivity contribution >= 4 is 17.6 Å². The van der Waals surface area contributed by atoms with E-state index in [4.69, 9.17) is 4.74 Å². The van der Waals surface area contributed by atoms with Crippen molar-refractivity contribution in [1.82, 2.24) is 4.90 Å². The van der Waals surface area contributed by atoms with Gasteiger partial charge in [-0.1, -0.05) is 0 Å². The molecule has 1 saturated heterocycles. The molecule has 0 unspecified atom stereocenters. The van der Waals surface area contributed by atoms with Crippen molar-refractivity contribution in [3.8, 4) is 0 Å². The standard InChI is InChI=1S/C16H21FN2O4/c1-22-15(20)11-14(16(21)23-2)19-9-7-18(8-10-19)13-5-3-12(17)4-6-13/h3-6,14H,7-11H2,1-2H3/t14-/m1/s1. The lowest BCUT2D eigenvalue weighted by Gasteiger charge is -2.38. The Hall–Kier alpha value is -2.15. The van der Waals surface area contributed by atoms with Crippen LogP contribution in [0.15, 0.2) is 24.3 Å². The average molecular weight is 324 g/mol. The number of benzene rings is 1. The van der Waals surface area contributed by atoms with Gasteiger partial charge in [-0.3, -0.25) is 14.5 Å². The van der Waals surface area contributed by atoms with Crippen LogP contribution < -0.4 is 4.90 Å². The lowest BCUT2D eigenvalue weighted by Crippen LogP contribution is -2.53. The molecule has 0 N–H and O–H groups in total. The molecule has 2 rings (SSSR count). The van der Waals surface area contributed by atoms with E-state index >= 15 is 0 Å². The molecule has 126 valence electrons. The number of ether oxygens (including phenoxy) is 2.